The van der Waals surface area contributed by atoms with Crippen LogP contribution in [-0.4, -0.2) is 49.5 Å². The summed E-state index contributed by atoms with van der Waals surface area (Å²) in [5.74, 6) is 1.42. The van der Waals surface area contributed by atoms with Crippen LogP contribution in [0.2, 0.25) is 5.02 Å². The minimum atomic E-state index is -0.0137. The lowest BCUT2D eigenvalue weighted by Crippen LogP contribution is -2.40. The Bertz CT molecular complexity index is 386. The first-order chi connectivity index (χ1) is 8.19. The lowest BCUT2D eigenvalue weighted by atomic mass is 10.2. The van der Waals surface area contributed by atoms with Gasteiger partial charge in [-0.05, 0) is 19.2 Å². The van der Waals surface area contributed by atoms with Crippen molar-refractivity contribution < 1.29 is 14.6 Å². The molecule has 0 aromatic heterocycles. The van der Waals surface area contributed by atoms with Gasteiger partial charge in [0.25, 0.3) is 0 Å². The number of hydrogen-bond acceptors (Lipinski definition) is 4. The highest BCUT2D eigenvalue weighted by atomic mass is 35.5. The van der Waals surface area contributed by atoms with Gasteiger partial charge in [0.15, 0.2) is 11.5 Å². The Morgan fingerprint density at radius 2 is 2.29 bits per heavy atom. The van der Waals surface area contributed by atoms with Crippen LogP contribution < -0.4 is 9.47 Å². The number of aliphatic hydroxyl groups is 1. The van der Waals surface area contributed by atoms with Crippen LogP contribution in [0.4, 0.5) is 0 Å². The topological polar surface area (TPSA) is 41.9 Å². The van der Waals surface area contributed by atoms with E-state index in [1.54, 1.807) is 12.1 Å². The minimum absolute atomic E-state index is 0.0137. The maximum absolute atomic E-state index is 8.83. The van der Waals surface area contributed by atoms with E-state index in [4.69, 9.17) is 26.2 Å². The number of hydrogen-bond donors (Lipinski definition) is 1. The van der Waals surface area contributed by atoms with Crippen molar-refractivity contribution in [2.24, 2.45) is 0 Å². The summed E-state index contributed by atoms with van der Waals surface area (Å²) in [7, 11) is 1.94. The van der Waals surface area contributed by atoms with Crippen molar-refractivity contribution in [1.82, 2.24) is 4.90 Å². The van der Waals surface area contributed by atoms with Crippen molar-refractivity contribution in [3.8, 4) is 11.5 Å². The largest absolute Gasteiger partial charge is 0.486 e. The number of nitrogens with zero attached hydrogens (tertiary/aromatic N) is 1. The quantitative estimate of drug-likeness (QED) is 0.886. The molecule has 17 heavy (non-hydrogen) atoms. The van der Waals surface area contributed by atoms with E-state index >= 15 is 0 Å². The molecule has 1 N–H and O–H groups in total. The van der Waals surface area contributed by atoms with Crippen LogP contribution in [0.25, 0.3) is 0 Å². The molecule has 1 atom stereocenters. The average Bonchev–Trinajstić information content (AvgIpc) is 2.29. The first-order valence-corrected chi connectivity index (χ1v) is 5.95. The van der Waals surface area contributed by atoms with Gasteiger partial charge in [0.2, 0.25) is 0 Å². The summed E-state index contributed by atoms with van der Waals surface area (Å²) in [5, 5.41) is 9.47. The second-order valence-corrected chi connectivity index (χ2v) is 4.56. The van der Waals surface area contributed by atoms with E-state index in [2.05, 4.69) is 0 Å². The van der Waals surface area contributed by atoms with Crippen LogP contribution in [0.15, 0.2) is 18.2 Å². The van der Waals surface area contributed by atoms with E-state index in [1.165, 1.54) is 0 Å². The molecular weight excluding hydrogens is 242 g/mol. The fraction of sp³-hybridized carbons (Fsp3) is 0.500. The van der Waals surface area contributed by atoms with Gasteiger partial charge in [-0.15, -0.1) is 0 Å². The normalized spacial score (nSPS) is 18.5. The predicted octanol–water partition coefficient (Wildman–Crippen LogP) is 1.40. The number of ether oxygens (including phenoxy) is 2. The predicted molar refractivity (Wildman–Crippen MR) is 65.9 cm³/mol. The van der Waals surface area contributed by atoms with E-state index < -0.39 is 0 Å². The summed E-state index contributed by atoms with van der Waals surface area (Å²) < 4.78 is 11.4. The summed E-state index contributed by atoms with van der Waals surface area (Å²) in [4.78, 5) is 2.01. The number of rotatable bonds is 4. The first-order valence-electron chi connectivity index (χ1n) is 5.57. The van der Waals surface area contributed by atoms with Crippen molar-refractivity contribution in [2.75, 3.05) is 33.4 Å². The van der Waals surface area contributed by atoms with E-state index in [0.717, 1.165) is 12.3 Å². The Balaban J connectivity index is 1.96. The van der Waals surface area contributed by atoms with Crippen LogP contribution in [0.5, 0.6) is 11.5 Å². The fourth-order valence-electron chi connectivity index (χ4n) is 1.79. The summed E-state index contributed by atoms with van der Waals surface area (Å²) in [6, 6.07) is 5.35. The Labute approximate surface area is 106 Å². The molecule has 1 aromatic rings. The molecule has 1 aliphatic rings. The van der Waals surface area contributed by atoms with Gasteiger partial charge >= 0.3 is 0 Å². The highest BCUT2D eigenvalue weighted by Crippen LogP contribution is 2.33. The van der Waals surface area contributed by atoms with E-state index in [9.17, 15) is 0 Å². The third kappa shape index (κ3) is 3.25. The van der Waals surface area contributed by atoms with E-state index in [0.29, 0.717) is 23.9 Å². The van der Waals surface area contributed by atoms with Gasteiger partial charge in [0.1, 0.15) is 12.7 Å². The molecule has 5 heteroatoms. The minimum Gasteiger partial charge on any atom is -0.486 e. The third-order valence-electron chi connectivity index (χ3n) is 2.62. The monoisotopic (exact) mass is 257 g/mol. The number of aliphatic hydroxyl groups excluding tert-OH is 1. The molecule has 0 spiro atoms. The molecule has 0 saturated heterocycles. The van der Waals surface area contributed by atoms with Gasteiger partial charge in [-0.1, -0.05) is 11.6 Å². The molecule has 94 valence electrons. The summed E-state index contributed by atoms with van der Waals surface area (Å²) in [6.45, 7) is 2.01. The number of fused-ring (bicyclic) bond motifs is 1. The van der Waals surface area contributed by atoms with Crippen LogP contribution in [0.1, 0.15) is 0 Å². The second kappa shape index (κ2) is 5.58. The molecule has 2 rings (SSSR count). The summed E-state index contributed by atoms with van der Waals surface area (Å²) >= 11 is 5.87. The maximum atomic E-state index is 8.83. The molecule has 0 bridgehead atoms. The molecule has 1 aliphatic heterocycles. The molecule has 0 fully saturated rings. The SMILES string of the molecule is CN(CCO)CC1COc2cc(Cl)ccc2O1. The van der Waals surface area contributed by atoms with Gasteiger partial charge in [-0.25, -0.2) is 0 Å². The molecule has 0 radical (unpaired) electrons. The Kier molecular flexibility index (Phi) is 4.10. The van der Waals surface area contributed by atoms with Gasteiger partial charge in [0.05, 0.1) is 6.61 Å². The Hall–Kier alpha value is -0.970. The highest BCUT2D eigenvalue weighted by molar-refractivity contribution is 6.30. The number of halogens is 1. The van der Waals surface area contributed by atoms with Gasteiger partial charge in [-0.2, -0.15) is 0 Å². The maximum Gasteiger partial charge on any atom is 0.162 e. The van der Waals surface area contributed by atoms with E-state index in [1.807, 2.05) is 18.0 Å². The zero-order valence-corrected chi connectivity index (χ0v) is 10.5. The smallest absolute Gasteiger partial charge is 0.162 e. The lowest BCUT2D eigenvalue weighted by molar-refractivity contribution is 0.0613. The molecule has 0 saturated carbocycles. The Morgan fingerprint density at radius 3 is 3.06 bits per heavy atom. The van der Waals surface area contributed by atoms with Crippen molar-refractivity contribution in [1.29, 1.82) is 0 Å². The van der Waals surface area contributed by atoms with E-state index in [-0.39, 0.29) is 12.7 Å². The number of likely N-dealkylation sites (N-methyl/N-ethyl adjacent to an activating group) is 1. The molecule has 0 aliphatic carbocycles. The molecule has 4 nitrogen and oxygen atoms in total. The van der Waals surface area contributed by atoms with Gasteiger partial charge < -0.3 is 19.5 Å². The zero-order valence-electron chi connectivity index (χ0n) is 9.73. The molecule has 1 heterocycles. The van der Waals surface area contributed by atoms with Crippen molar-refractivity contribution in [3.63, 3.8) is 0 Å². The van der Waals surface area contributed by atoms with Crippen LogP contribution >= 0.6 is 11.6 Å². The summed E-state index contributed by atoms with van der Waals surface area (Å²) in [6.07, 6.45) is -0.0137. The lowest BCUT2D eigenvalue weighted by Gasteiger charge is -2.29. The fourth-order valence-corrected chi connectivity index (χ4v) is 1.95. The van der Waals surface area contributed by atoms with Crippen LogP contribution in [0, 0.1) is 0 Å². The third-order valence-corrected chi connectivity index (χ3v) is 2.86. The number of benzene rings is 1. The first kappa shape index (κ1) is 12.5. The van der Waals surface area contributed by atoms with Gasteiger partial charge in [-0.3, -0.25) is 0 Å². The highest BCUT2D eigenvalue weighted by Gasteiger charge is 2.22. The molecular formula is C12H16ClNO3. The van der Waals surface area contributed by atoms with Crippen molar-refractivity contribution >= 4 is 11.6 Å². The van der Waals surface area contributed by atoms with Crippen LogP contribution in [-0.2, 0) is 0 Å². The van der Waals surface area contributed by atoms with Crippen molar-refractivity contribution in [2.45, 2.75) is 6.10 Å². The van der Waals surface area contributed by atoms with Crippen molar-refractivity contribution in [3.05, 3.63) is 23.2 Å². The molecule has 0 amide bonds. The average molecular weight is 258 g/mol. The Morgan fingerprint density at radius 1 is 1.47 bits per heavy atom. The molecule has 1 unspecified atom stereocenters. The standard InChI is InChI=1S/C12H16ClNO3/c1-14(4-5-15)7-10-8-16-12-6-9(13)2-3-11(12)17-10/h2-3,6,10,15H,4-5,7-8H2,1H3. The van der Waals surface area contributed by atoms with Gasteiger partial charge in [0, 0.05) is 24.2 Å². The molecule has 1 aromatic carbocycles. The summed E-state index contributed by atoms with van der Waals surface area (Å²) in [5.41, 5.74) is 0. The van der Waals surface area contributed by atoms with Crippen LogP contribution in [0.3, 0.4) is 0 Å². The second-order valence-electron chi connectivity index (χ2n) is 4.13. The zero-order chi connectivity index (χ0) is 12.3.